The van der Waals surface area contributed by atoms with E-state index in [0.717, 1.165) is 18.7 Å². The molecule has 9 nitrogen and oxygen atoms in total. The Bertz CT molecular complexity index is 1180. The number of amidine groups is 1. The number of carbonyl (C=O) groups is 2. The average Bonchev–Trinajstić information content (AvgIpc) is 2.88. The predicted molar refractivity (Wildman–Crippen MR) is 143 cm³/mol. The van der Waals surface area contributed by atoms with E-state index in [1.807, 2.05) is 0 Å². The quantitative estimate of drug-likeness (QED) is 0.410. The van der Waals surface area contributed by atoms with Gasteiger partial charge in [0.15, 0.2) is 0 Å². The molecule has 4 rings (SSSR count). The summed E-state index contributed by atoms with van der Waals surface area (Å²) >= 11 is 12.5. The van der Waals surface area contributed by atoms with Crippen molar-refractivity contribution in [3.63, 3.8) is 0 Å². The normalized spacial score (nSPS) is 18.4. The van der Waals surface area contributed by atoms with Crippen LogP contribution in [0.3, 0.4) is 0 Å². The highest BCUT2D eigenvalue weighted by Gasteiger charge is 2.29. The van der Waals surface area contributed by atoms with E-state index in [1.165, 1.54) is 0 Å². The first-order chi connectivity index (χ1) is 17.3. The number of hydrogen-bond acceptors (Lipinski definition) is 7. The van der Waals surface area contributed by atoms with E-state index < -0.39 is 11.9 Å². The minimum atomic E-state index is -0.555. The molecule has 1 saturated heterocycles. The van der Waals surface area contributed by atoms with Gasteiger partial charge in [0.25, 0.3) is 11.8 Å². The summed E-state index contributed by atoms with van der Waals surface area (Å²) in [5, 5.41) is 15.6. The Labute approximate surface area is 220 Å². The molecular formula is C25H29Cl2N7O2. The van der Waals surface area contributed by atoms with Crippen LogP contribution in [0.1, 0.15) is 22.3 Å². The lowest BCUT2D eigenvalue weighted by atomic mass is 10.0. The van der Waals surface area contributed by atoms with E-state index >= 15 is 0 Å². The first-order valence-electron chi connectivity index (χ1n) is 11.8. The fraction of sp³-hybridized carbons (Fsp3) is 0.360. The van der Waals surface area contributed by atoms with Crippen LogP contribution in [0.15, 0.2) is 47.5 Å². The number of rotatable bonds is 7. The predicted octanol–water partition coefficient (Wildman–Crippen LogP) is 2.63. The third-order valence-electron chi connectivity index (χ3n) is 6.29. The van der Waals surface area contributed by atoms with E-state index in [1.54, 1.807) is 47.4 Å². The van der Waals surface area contributed by atoms with Gasteiger partial charge in [0.2, 0.25) is 0 Å². The molecule has 36 heavy (non-hydrogen) atoms. The van der Waals surface area contributed by atoms with Crippen molar-refractivity contribution in [2.24, 2.45) is 10.7 Å². The van der Waals surface area contributed by atoms with Crippen LogP contribution >= 0.6 is 23.2 Å². The SMILES string of the molecule is N=C(CC1C(N)=NCCN1Cc1cc(Cl)ccc1Cl)C(=O)Nc1cccc(C(=O)N2CCNCC2)c1. The third-order valence-corrected chi connectivity index (χ3v) is 6.89. The van der Waals surface area contributed by atoms with Gasteiger partial charge in [-0.2, -0.15) is 0 Å². The van der Waals surface area contributed by atoms with Crippen molar-refractivity contribution in [2.45, 2.75) is 19.0 Å². The second-order valence-corrected chi connectivity index (χ2v) is 9.63. The van der Waals surface area contributed by atoms with Gasteiger partial charge in [0, 0.05) is 67.0 Å². The third kappa shape index (κ3) is 6.41. The highest BCUT2D eigenvalue weighted by atomic mass is 35.5. The molecule has 2 aliphatic rings. The fourth-order valence-corrected chi connectivity index (χ4v) is 4.71. The van der Waals surface area contributed by atoms with Crippen molar-refractivity contribution < 1.29 is 9.59 Å². The number of nitrogens with two attached hydrogens (primary N) is 1. The molecule has 0 saturated carbocycles. The standard InChI is InChI=1S/C25H29Cl2N7O2/c26-18-4-5-20(27)17(12-18)15-34-11-8-31-23(29)22(34)14-21(28)24(35)32-19-3-1-2-16(13-19)25(36)33-9-6-30-7-10-33/h1-5,12-13,22,28,30H,6-11,14-15H2,(H2,29,31)(H,32,35). The van der Waals surface area contributed by atoms with Crippen LogP contribution in [-0.4, -0.2) is 78.5 Å². The van der Waals surface area contributed by atoms with Gasteiger partial charge in [-0.05, 0) is 42.0 Å². The number of carbonyl (C=O) groups excluding carboxylic acids is 2. The average molecular weight is 530 g/mol. The van der Waals surface area contributed by atoms with Crippen molar-refractivity contribution >= 4 is 52.3 Å². The number of benzene rings is 2. The second-order valence-electron chi connectivity index (χ2n) is 8.79. The minimum absolute atomic E-state index is 0.0795. The van der Waals surface area contributed by atoms with Crippen molar-refractivity contribution in [3.8, 4) is 0 Å². The molecule has 1 unspecified atom stereocenters. The number of piperazine rings is 1. The van der Waals surface area contributed by atoms with Crippen LogP contribution in [0.25, 0.3) is 0 Å². The molecular weight excluding hydrogens is 501 g/mol. The van der Waals surface area contributed by atoms with Crippen LogP contribution in [0.4, 0.5) is 5.69 Å². The van der Waals surface area contributed by atoms with Crippen LogP contribution < -0.4 is 16.4 Å². The van der Waals surface area contributed by atoms with Gasteiger partial charge in [0.05, 0.1) is 18.3 Å². The van der Waals surface area contributed by atoms with Crippen molar-refractivity contribution in [1.29, 1.82) is 5.41 Å². The first-order valence-corrected chi connectivity index (χ1v) is 12.5. The molecule has 2 aromatic carbocycles. The molecule has 190 valence electrons. The van der Waals surface area contributed by atoms with Gasteiger partial charge in [0.1, 0.15) is 5.84 Å². The van der Waals surface area contributed by atoms with E-state index in [0.29, 0.717) is 59.9 Å². The lowest BCUT2D eigenvalue weighted by Gasteiger charge is -2.34. The van der Waals surface area contributed by atoms with Crippen LogP contribution in [-0.2, 0) is 11.3 Å². The van der Waals surface area contributed by atoms with Crippen LogP contribution in [0.5, 0.6) is 0 Å². The summed E-state index contributed by atoms with van der Waals surface area (Å²) in [4.78, 5) is 33.8. The Morgan fingerprint density at radius 1 is 1.14 bits per heavy atom. The van der Waals surface area contributed by atoms with Crippen molar-refractivity contribution in [3.05, 3.63) is 63.6 Å². The monoisotopic (exact) mass is 529 g/mol. The van der Waals surface area contributed by atoms with E-state index in [-0.39, 0.29) is 18.0 Å². The van der Waals surface area contributed by atoms with Gasteiger partial charge in [-0.25, -0.2) is 0 Å². The zero-order valence-corrected chi connectivity index (χ0v) is 21.3. The maximum absolute atomic E-state index is 12.9. The Kier molecular flexibility index (Phi) is 8.58. The fourth-order valence-electron chi connectivity index (χ4n) is 4.34. The number of anilines is 1. The summed E-state index contributed by atoms with van der Waals surface area (Å²) in [6.45, 7) is 4.39. The molecule has 1 fully saturated rings. The van der Waals surface area contributed by atoms with Crippen molar-refractivity contribution in [2.75, 3.05) is 44.6 Å². The Balaban J connectivity index is 1.41. The number of nitrogens with one attached hydrogen (secondary N) is 3. The molecule has 0 aromatic heterocycles. The summed E-state index contributed by atoms with van der Waals surface area (Å²) in [7, 11) is 0. The highest BCUT2D eigenvalue weighted by Crippen LogP contribution is 2.24. The Morgan fingerprint density at radius 2 is 1.92 bits per heavy atom. The topological polar surface area (TPSA) is 127 Å². The summed E-state index contributed by atoms with van der Waals surface area (Å²) < 4.78 is 0. The summed E-state index contributed by atoms with van der Waals surface area (Å²) in [6.07, 6.45) is 0.0821. The molecule has 0 spiro atoms. The number of amides is 2. The summed E-state index contributed by atoms with van der Waals surface area (Å²) in [5.74, 6) is -0.259. The van der Waals surface area contributed by atoms with Gasteiger partial charge < -0.3 is 21.3 Å². The molecule has 2 heterocycles. The molecule has 2 aromatic rings. The number of aliphatic imine (C=N–C) groups is 1. The highest BCUT2D eigenvalue weighted by molar-refractivity contribution is 6.42. The number of halogens is 2. The summed E-state index contributed by atoms with van der Waals surface area (Å²) in [6, 6.07) is 11.6. The van der Waals surface area contributed by atoms with Gasteiger partial charge in [-0.1, -0.05) is 29.3 Å². The van der Waals surface area contributed by atoms with E-state index in [2.05, 4.69) is 20.5 Å². The lowest BCUT2D eigenvalue weighted by Crippen LogP contribution is -2.50. The van der Waals surface area contributed by atoms with Crippen LogP contribution in [0.2, 0.25) is 10.0 Å². The summed E-state index contributed by atoms with van der Waals surface area (Å²) in [5.41, 5.74) is 7.84. The first kappa shape index (κ1) is 26.1. The molecule has 5 N–H and O–H groups in total. The minimum Gasteiger partial charge on any atom is -0.386 e. The zero-order valence-electron chi connectivity index (χ0n) is 19.8. The largest absolute Gasteiger partial charge is 0.386 e. The smallest absolute Gasteiger partial charge is 0.269 e. The molecule has 2 aliphatic heterocycles. The molecule has 2 amide bonds. The zero-order chi connectivity index (χ0) is 25.7. The number of hydrogen-bond donors (Lipinski definition) is 4. The maximum Gasteiger partial charge on any atom is 0.269 e. The molecule has 1 atom stereocenters. The Hall–Kier alpha value is -2.98. The molecule has 0 bridgehead atoms. The maximum atomic E-state index is 12.9. The van der Waals surface area contributed by atoms with E-state index in [4.69, 9.17) is 34.3 Å². The van der Waals surface area contributed by atoms with Gasteiger partial charge >= 0.3 is 0 Å². The van der Waals surface area contributed by atoms with Crippen molar-refractivity contribution in [1.82, 2.24) is 15.1 Å². The Morgan fingerprint density at radius 3 is 2.69 bits per heavy atom. The number of nitrogens with zero attached hydrogens (tertiary/aromatic N) is 3. The van der Waals surface area contributed by atoms with Gasteiger partial charge in [-0.15, -0.1) is 0 Å². The molecule has 0 radical (unpaired) electrons. The lowest BCUT2D eigenvalue weighted by molar-refractivity contribution is -0.110. The van der Waals surface area contributed by atoms with Crippen LogP contribution in [0, 0.1) is 5.41 Å². The molecule has 11 heteroatoms. The molecule has 0 aliphatic carbocycles. The van der Waals surface area contributed by atoms with Gasteiger partial charge in [-0.3, -0.25) is 24.9 Å². The van der Waals surface area contributed by atoms with E-state index in [9.17, 15) is 9.59 Å². The second kappa shape index (κ2) is 11.8.